The summed E-state index contributed by atoms with van der Waals surface area (Å²) in [7, 11) is 0. The summed E-state index contributed by atoms with van der Waals surface area (Å²) in [6.07, 6.45) is -11.8. The van der Waals surface area contributed by atoms with Gasteiger partial charge < -0.3 is 15.3 Å². The summed E-state index contributed by atoms with van der Waals surface area (Å²) in [4.78, 5) is 15.4. The average molecular weight is 536 g/mol. The van der Waals surface area contributed by atoms with E-state index in [1.165, 1.54) is 53.4 Å². The molecule has 2 heterocycles. The number of hydrogen-bond donors (Lipinski definition) is 2. The van der Waals surface area contributed by atoms with E-state index in [0.717, 1.165) is 0 Å². The molecule has 0 aliphatic carbocycles. The molecule has 3 unspecified atom stereocenters. The lowest BCUT2D eigenvalue weighted by molar-refractivity contribution is -0.349. The molecule has 0 radical (unpaired) electrons. The van der Waals surface area contributed by atoms with Crippen molar-refractivity contribution in [2.24, 2.45) is 5.92 Å². The monoisotopic (exact) mass is 535 g/mol. The zero-order valence-corrected chi connectivity index (χ0v) is 19.7. The minimum absolute atomic E-state index is 0.111. The normalized spacial score (nSPS) is 27.9. The molecule has 2 aromatic rings. The highest BCUT2D eigenvalue weighted by Gasteiger charge is 2.82. The van der Waals surface area contributed by atoms with Crippen molar-refractivity contribution in [1.29, 1.82) is 0 Å². The Labute approximate surface area is 208 Å². The van der Waals surface area contributed by atoms with Crippen molar-refractivity contribution >= 4 is 17.5 Å². The summed E-state index contributed by atoms with van der Waals surface area (Å²) < 4.78 is 87.3. The molecule has 196 valence electrons. The van der Waals surface area contributed by atoms with Gasteiger partial charge in [0.15, 0.2) is 0 Å². The Kier molecular flexibility index (Phi) is 7.06. The molecule has 2 N–H and O–H groups in total. The summed E-state index contributed by atoms with van der Waals surface area (Å²) in [5.74, 6) is -4.32. The highest BCUT2D eigenvalue weighted by Crippen LogP contribution is 2.58. The second kappa shape index (κ2) is 9.51. The lowest BCUT2D eigenvalue weighted by Crippen LogP contribution is -2.77. The number of halogens is 7. The number of alkyl halides is 6. The van der Waals surface area contributed by atoms with Crippen molar-refractivity contribution in [3.8, 4) is 0 Å². The van der Waals surface area contributed by atoms with E-state index in [0.29, 0.717) is 4.90 Å². The second-order valence-corrected chi connectivity index (χ2v) is 9.43. The van der Waals surface area contributed by atoms with Gasteiger partial charge in [-0.15, -0.1) is 0 Å². The van der Waals surface area contributed by atoms with Crippen molar-refractivity contribution in [3.63, 3.8) is 0 Å². The van der Waals surface area contributed by atoms with Crippen LogP contribution in [-0.4, -0.2) is 77.2 Å². The lowest BCUT2D eigenvalue weighted by Gasteiger charge is -2.55. The number of aliphatic hydroxyl groups is 1. The number of carbonyl (C=O) groups is 1. The Morgan fingerprint density at radius 3 is 2.11 bits per heavy atom. The van der Waals surface area contributed by atoms with Crippen LogP contribution in [0.15, 0.2) is 54.6 Å². The van der Waals surface area contributed by atoms with Gasteiger partial charge in [0.05, 0.1) is 0 Å². The van der Waals surface area contributed by atoms with Crippen molar-refractivity contribution in [3.05, 3.63) is 70.7 Å². The first-order chi connectivity index (χ1) is 16.8. The van der Waals surface area contributed by atoms with E-state index in [9.17, 15) is 36.2 Å². The first-order valence-electron chi connectivity index (χ1n) is 11.3. The molecule has 12 heteroatoms. The molecule has 3 atom stereocenters. The molecule has 0 aromatic heterocycles. The number of carbonyl (C=O) groups excluding carboxylic acids is 1. The molecular weight excluding hydrogens is 512 g/mol. The van der Waals surface area contributed by atoms with Gasteiger partial charge in [0, 0.05) is 49.7 Å². The quantitative estimate of drug-likeness (QED) is 0.579. The molecule has 5 nitrogen and oxygen atoms in total. The number of nitrogens with one attached hydrogen (secondary N) is 1. The van der Waals surface area contributed by atoms with Crippen LogP contribution in [-0.2, 0) is 6.42 Å². The third-order valence-corrected chi connectivity index (χ3v) is 7.28. The zero-order chi connectivity index (χ0) is 26.4. The summed E-state index contributed by atoms with van der Waals surface area (Å²) in [5, 5.41) is 14.6. The third kappa shape index (κ3) is 4.36. The molecular formula is C24H24ClF6N3O2. The first-order valence-corrected chi connectivity index (χ1v) is 11.6. The van der Waals surface area contributed by atoms with E-state index >= 15 is 0 Å². The highest BCUT2D eigenvalue weighted by atomic mass is 35.5. The van der Waals surface area contributed by atoms with Gasteiger partial charge in [0.1, 0.15) is 11.6 Å². The number of nitrogens with zero attached hydrogens (tertiary/aromatic N) is 2. The van der Waals surface area contributed by atoms with E-state index in [1.807, 2.05) is 0 Å². The van der Waals surface area contributed by atoms with Crippen LogP contribution in [0, 0.1) is 5.92 Å². The molecule has 0 saturated carbocycles. The van der Waals surface area contributed by atoms with Gasteiger partial charge in [0.2, 0.25) is 5.60 Å². The van der Waals surface area contributed by atoms with Crippen LogP contribution in [0.1, 0.15) is 15.9 Å². The lowest BCUT2D eigenvalue weighted by atomic mass is 9.75. The zero-order valence-electron chi connectivity index (χ0n) is 18.9. The van der Waals surface area contributed by atoms with Crippen LogP contribution in [0.5, 0.6) is 0 Å². The largest absolute Gasteiger partial charge is 0.421 e. The van der Waals surface area contributed by atoms with Gasteiger partial charge in [-0.25, -0.2) is 0 Å². The number of piperazine rings is 1. The Morgan fingerprint density at radius 2 is 1.58 bits per heavy atom. The van der Waals surface area contributed by atoms with Gasteiger partial charge in [-0.3, -0.25) is 9.69 Å². The van der Waals surface area contributed by atoms with Crippen LogP contribution in [0.4, 0.5) is 26.3 Å². The second-order valence-electron chi connectivity index (χ2n) is 9.00. The van der Waals surface area contributed by atoms with Crippen molar-refractivity contribution in [1.82, 2.24) is 15.1 Å². The summed E-state index contributed by atoms with van der Waals surface area (Å²) in [6, 6.07) is 12.7. The number of benzene rings is 2. The fourth-order valence-electron chi connectivity index (χ4n) is 5.38. The average Bonchev–Trinajstić information content (AvgIpc) is 3.11. The van der Waals surface area contributed by atoms with E-state index in [4.69, 9.17) is 11.6 Å². The summed E-state index contributed by atoms with van der Waals surface area (Å²) >= 11 is 5.87. The van der Waals surface area contributed by atoms with E-state index < -0.39 is 48.4 Å². The molecule has 36 heavy (non-hydrogen) atoms. The number of rotatable bonds is 4. The number of hydrogen-bond acceptors (Lipinski definition) is 4. The SMILES string of the molecule is O=C(c1ccc(Cl)cc1)N1CC(C(F)(F)F)C(O)(C(F)(F)F)C1(Cc1ccccc1)N1CCNCC1. The Morgan fingerprint density at radius 1 is 1.00 bits per heavy atom. The van der Waals surface area contributed by atoms with Gasteiger partial charge in [0.25, 0.3) is 5.91 Å². The molecule has 2 saturated heterocycles. The fraction of sp³-hybridized carbons (Fsp3) is 0.458. The van der Waals surface area contributed by atoms with Crippen molar-refractivity contribution in [2.45, 2.75) is 30.0 Å². The van der Waals surface area contributed by atoms with Gasteiger partial charge in [-0.1, -0.05) is 41.9 Å². The Hall–Kier alpha value is -2.34. The molecule has 4 rings (SSSR count). The summed E-state index contributed by atoms with van der Waals surface area (Å²) in [5.41, 5.74) is -6.98. The van der Waals surface area contributed by atoms with Gasteiger partial charge in [-0.05, 0) is 29.8 Å². The minimum Gasteiger partial charge on any atom is -0.377 e. The number of amides is 1. The predicted octanol–water partition coefficient (Wildman–Crippen LogP) is 4.11. The standard InChI is InChI=1S/C24H24ClF6N3O2/c25-18-8-6-17(7-9-18)20(35)34-15-19(23(26,27)28)22(36,24(29,30)31)21(34,33-12-10-32-11-13-33)14-16-4-2-1-3-5-16/h1-9,19,32,36H,10-15H2. The van der Waals surface area contributed by atoms with E-state index in [-0.39, 0.29) is 42.3 Å². The predicted molar refractivity (Wildman–Crippen MR) is 120 cm³/mol. The molecule has 0 spiro atoms. The highest BCUT2D eigenvalue weighted by molar-refractivity contribution is 6.30. The number of likely N-dealkylation sites (tertiary alicyclic amines) is 1. The Balaban J connectivity index is 2.00. The van der Waals surface area contributed by atoms with Crippen molar-refractivity contribution < 1.29 is 36.2 Å². The Bertz CT molecular complexity index is 1080. The summed E-state index contributed by atoms with van der Waals surface area (Å²) in [6.45, 7) is -1.24. The molecule has 1 amide bonds. The van der Waals surface area contributed by atoms with Crippen LogP contribution >= 0.6 is 11.6 Å². The smallest absolute Gasteiger partial charge is 0.377 e. The maximum atomic E-state index is 14.8. The van der Waals surface area contributed by atoms with Crippen LogP contribution in [0.3, 0.4) is 0 Å². The maximum Gasteiger partial charge on any atom is 0.421 e. The topological polar surface area (TPSA) is 55.8 Å². The maximum absolute atomic E-state index is 14.8. The molecule has 2 fully saturated rings. The van der Waals surface area contributed by atoms with Crippen molar-refractivity contribution in [2.75, 3.05) is 32.7 Å². The van der Waals surface area contributed by atoms with Gasteiger partial charge in [-0.2, -0.15) is 26.3 Å². The first kappa shape index (κ1) is 26.7. The molecule has 2 aliphatic heterocycles. The van der Waals surface area contributed by atoms with Gasteiger partial charge >= 0.3 is 12.4 Å². The minimum atomic E-state index is -5.72. The van der Waals surface area contributed by atoms with Crippen LogP contribution < -0.4 is 5.32 Å². The van der Waals surface area contributed by atoms with E-state index in [2.05, 4.69) is 5.32 Å². The third-order valence-electron chi connectivity index (χ3n) is 7.02. The molecule has 2 aromatic carbocycles. The van der Waals surface area contributed by atoms with E-state index in [1.54, 1.807) is 6.07 Å². The molecule has 2 aliphatic rings. The molecule has 0 bridgehead atoms. The fourth-order valence-corrected chi connectivity index (χ4v) is 5.51. The van der Waals surface area contributed by atoms with Crippen LogP contribution in [0.2, 0.25) is 5.02 Å². The van der Waals surface area contributed by atoms with Crippen LogP contribution in [0.25, 0.3) is 0 Å².